The minimum Gasteiger partial charge on any atom is -0.275 e. The van der Waals surface area contributed by atoms with E-state index in [1.807, 2.05) is 0 Å². The molecular weight excluding hydrogens is 266 g/mol. The van der Waals surface area contributed by atoms with Crippen molar-refractivity contribution in [3.8, 4) is 0 Å². The molecule has 0 unspecified atom stereocenters. The van der Waals surface area contributed by atoms with Gasteiger partial charge in [-0.15, -0.1) is 0 Å². The molecule has 0 N–H and O–H groups in total. The van der Waals surface area contributed by atoms with E-state index >= 15 is 0 Å². The summed E-state index contributed by atoms with van der Waals surface area (Å²) >= 11 is 0. The molecule has 1 aromatic heterocycles. The Labute approximate surface area is 113 Å². The van der Waals surface area contributed by atoms with Gasteiger partial charge in [-0.1, -0.05) is 0 Å². The van der Waals surface area contributed by atoms with Crippen LogP contribution in [0.25, 0.3) is 0 Å². The minimum atomic E-state index is -0.825. The fourth-order valence-corrected chi connectivity index (χ4v) is 2.00. The normalized spacial score (nSPS) is 14.8. The summed E-state index contributed by atoms with van der Waals surface area (Å²) < 4.78 is 28.2. The Morgan fingerprint density at radius 2 is 2.10 bits per heavy atom. The van der Waals surface area contributed by atoms with Gasteiger partial charge in [-0.25, -0.2) is 8.78 Å². The number of aryl methyl sites for hydroxylation is 1. The zero-order valence-electron chi connectivity index (χ0n) is 10.5. The number of carbonyl (C=O) groups is 1. The van der Waals surface area contributed by atoms with Crippen LogP contribution in [0.5, 0.6) is 0 Å². The molecule has 0 spiro atoms. The van der Waals surface area contributed by atoms with Crippen LogP contribution in [-0.4, -0.2) is 21.4 Å². The molecule has 0 atom stereocenters. The van der Waals surface area contributed by atoms with Gasteiger partial charge in [-0.2, -0.15) is 15.2 Å². The van der Waals surface area contributed by atoms with Gasteiger partial charge in [0, 0.05) is 24.9 Å². The lowest BCUT2D eigenvalue weighted by Crippen LogP contribution is -2.20. The molecule has 1 aliphatic heterocycles. The quantitative estimate of drug-likeness (QED) is 0.840. The number of hydrazone groups is 1. The van der Waals surface area contributed by atoms with Crippen LogP contribution in [0.3, 0.4) is 0 Å². The van der Waals surface area contributed by atoms with E-state index in [9.17, 15) is 13.6 Å². The monoisotopic (exact) mass is 276 g/mol. The second-order valence-electron chi connectivity index (χ2n) is 4.43. The van der Waals surface area contributed by atoms with Crippen molar-refractivity contribution in [1.82, 2.24) is 9.78 Å². The summed E-state index contributed by atoms with van der Waals surface area (Å²) in [5, 5.41) is 9.05. The average molecular weight is 276 g/mol. The first-order valence-electron chi connectivity index (χ1n) is 5.89. The number of hydrogen-bond acceptors (Lipinski definition) is 3. The number of amides is 1. The van der Waals surface area contributed by atoms with Crippen molar-refractivity contribution in [3.63, 3.8) is 0 Å². The summed E-state index contributed by atoms with van der Waals surface area (Å²) in [5.41, 5.74) is 1.15. The lowest BCUT2D eigenvalue weighted by molar-refractivity contribution is -0.116. The Hall–Kier alpha value is -2.57. The van der Waals surface area contributed by atoms with Crippen LogP contribution >= 0.6 is 0 Å². The number of halogens is 2. The molecule has 2 aromatic rings. The molecule has 0 saturated heterocycles. The largest absolute Gasteiger partial charge is 0.275 e. The summed E-state index contributed by atoms with van der Waals surface area (Å²) in [6.45, 7) is 0. The number of anilines is 1. The van der Waals surface area contributed by atoms with E-state index in [2.05, 4.69) is 10.2 Å². The summed E-state index contributed by atoms with van der Waals surface area (Å²) in [5.74, 6) is -1.89. The second kappa shape index (κ2) is 4.52. The molecule has 3 rings (SSSR count). The van der Waals surface area contributed by atoms with Crippen LogP contribution in [0.4, 0.5) is 14.5 Å². The zero-order valence-corrected chi connectivity index (χ0v) is 10.5. The Balaban J connectivity index is 1.98. The summed E-state index contributed by atoms with van der Waals surface area (Å²) in [4.78, 5) is 11.9. The fourth-order valence-electron chi connectivity index (χ4n) is 2.00. The van der Waals surface area contributed by atoms with Crippen LogP contribution in [0.2, 0.25) is 0 Å². The third-order valence-corrected chi connectivity index (χ3v) is 2.95. The van der Waals surface area contributed by atoms with Crippen molar-refractivity contribution < 1.29 is 13.6 Å². The first-order valence-corrected chi connectivity index (χ1v) is 5.89. The number of aromatic nitrogens is 2. The highest BCUT2D eigenvalue weighted by atomic mass is 19.1. The smallest absolute Gasteiger partial charge is 0.253 e. The van der Waals surface area contributed by atoms with E-state index in [1.165, 1.54) is 6.07 Å². The summed E-state index contributed by atoms with van der Waals surface area (Å²) in [6, 6.07) is 3.00. The molecule has 102 valence electrons. The van der Waals surface area contributed by atoms with Crippen molar-refractivity contribution in [2.24, 2.45) is 12.1 Å². The Kier molecular flexibility index (Phi) is 2.81. The number of carbonyl (C=O) groups excluding carboxylic acids is 1. The topological polar surface area (TPSA) is 50.5 Å². The van der Waals surface area contributed by atoms with Crippen molar-refractivity contribution in [1.29, 1.82) is 0 Å². The van der Waals surface area contributed by atoms with Crippen molar-refractivity contribution in [2.75, 3.05) is 5.01 Å². The Morgan fingerprint density at radius 1 is 1.30 bits per heavy atom. The van der Waals surface area contributed by atoms with Gasteiger partial charge in [0.25, 0.3) is 5.91 Å². The molecule has 7 heteroatoms. The molecule has 20 heavy (non-hydrogen) atoms. The van der Waals surface area contributed by atoms with Gasteiger partial charge >= 0.3 is 0 Å². The van der Waals surface area contributed by atoms with E-state index < -0.39 is 11.6 Å². The van der Waals surface area contributed by atoms with Gasteiger partial charge in [-0.3, -0.25) is 9.48 Å². The molecule has 1 aliphatic rings. The van der Waals surface area contributed by atoms with Crippen LogP contribution in [-0.2, 0) is 11.8 Å². The van der Waals surface area contributed by atoms with E-state index in [0.29, 0.717) is 11.3 Å². The summed E-state index contributed by atoms with van der Waals surface area (Å²) in [6.07, 6.45) is 3.36. The van der Waals surface area contributed by atoms with Crippen LogP contribution < -0.4 is 5.01 Å². The predicted octanol–water partition coefficient (Wildman–Crippen LogP) is 1.84. The number of hydrogen-bond donors (Lipinski definition) is 0. The Morgan fingerprint density at radius 3 is 2.75 bits per heavy atom. The Bertz CT molecular complexity index is 723. The van der Waals surface area contributed by atoms with E-state index in [1.54, 1.807) is 24.1 Å². The predicted molar refractivity (Wildman–Crippen MR) is 68.2 cm³/mol. The zero-order chi connectivity index (χ0) is 14.3. The maximum atomic E-state index is 13.7. The fraction of sp³-hybridized carbons (Fsp3) is 0.154. The molecule has 0 fully saturated rings. The average Bonchev–Trinajstić information content (AvgIpc) is 2.96. The van der Waals surface area contributed by atoms with Gasteiger partial charge in [0.2, 0.25) is 0 Å². The van der Waals surface area contributed by atoms with E-state index in [4.69, 9.17) is 0 Å². The highest BCUT2D eigenvalue weighted by molar-refractivity contribution is 6.19. The van der Waals surface area contributed by atoms with Gasteiger partial charge in [-0.05, 0) is 12.1 Å². The van der Waals surface area contributed by atoms with Crippen molar-refractivity contribution >= 4 is 17.3 Å². The number of benzene rings is 1. The number of nitrogens with zero attached hydrogens (tertiary/aromatic N) is 4. The molecule has 2 heterocycles. The molecule has 0 aliphatic carbocycles. The van der Waals surface area contributed by atoms with Gasteiger partial charge < -0.3 is 0 Å². The van der Waals surface area contributed by atoms with Crippen molar-refractivity contribution in [2.45, 2.75) is 6.42 Å². The highest BCUT2D eigenvalue weighted by Gasteiger charge is 2.28. The van der Waals surface area contributed by atoms with Crippen LogP contribution in [0.1, 0.15) is 12.0 Å². The molecule has 0 radical (unpaired) electrons. The SMILES string of the molecule is Cn1cc(C2=NN(c3ccc(F)cc3F)C(=O)C2)cn1. The van der Waals surface area contributed by atoms with Crippen LogP contribution in [0.15, 0.2) is 35.7 Å². The van der Waals surface area contributed by atoms with E-state index in [0.717, 1.165) is 17.1 Å². The molecule has 0 bridgehead atoms. The first-order chi connectivity index (χ1) is 9.54. The second-order valence-corrected chi connectivity index (χ2v) is 4.43. The van der Waals surface area contributed by atoms with Crippen molar-refractivity contribution in [3.05, 3.63) is 47.8 Å². The van der Waals surface area contributed by atoms with Gasteiger partial charge in [0.1, 0.15) is 11.5 Å². The third kappa shape index (κ3) is 2.07. The van der Waals surface area contributed by atoms with Crippen LogP contribution in [0, 0.1) is 11.6 Å². The lowest BCUT2D eigenvalue weighted by atomic mass is 10.1. The summed E-state index contributed by atoms with van der Waals surface area (Å²) in [7, 11) is 1.75. The lowest BCUT2D eigenvalue weighted by Gasteiger charge is -2.12. The molecule has 1 aromatic carbocycles. The standard InChI is InChI=1S/C13H10F2N4O/c1-18-7-8(6-16-18)11-5-13(20)19(17-11)12-3-2-9(14)4-10(12)15/h2-4,6-7H,5H2,1H3. The third-order valence-electron chi connectivity index (χ3n) is 2.95. The molecule has 0 saturated carbocycles. The molecule has 1 amide bonds. The maximum absolute atomic E-state index is 13.7. The maximum Gasteiger partial charge on any atom is 0.253 e. The number of rotatable bonds is 2. The van der Waals surface area contributed by atoms with Gasteiger partial charge in [0.05, 0.1) is 18.3 Å². The van der Waals surface area contributed by atoms with E-state index in [-0.39, 0.29) is 18.0 Å². The van der Waals surface area contributed by atoms with Gasteiger partial charge in [0.15, 0.2) is 5.82 Å². The highest BCUT2D eigenvalue weighted by Crippen LogP contribution is 2.25. The first kappa shape index (κ1) is 12.5. The molecule has 5 nitrogen and oxygen atoms in total. The minimum absolute atomic E-state index is 0.0580. The molecular formula is C13H10F2N4O.